The van der Waals surface area contributed by atoms with Crippen LogP contribution in [0.25, 0.3) is 0 Å². The van der Waals surface area contributed by atoms with Crippen molar-refractivity contribution in [2.75, 3.05) is 25.0 Å². The highest BCUT2D eigenvalue weighted by atomic mass is 19.1. The molecule has 0 radical (unpaired) electrons. The van der Waals surface area contributed by atoms with Gasteiger partial charge in [0.1, 0.15) is 11.7 Å². The standard InChI is InChI=1S/C16H19FN4O4/c1-16(2,3)25-15(23)21-4-5-24-13(9-21)14(22)20-10-6-11(17)12(7-18)19-8-10/h6,8,13H,4-5,9H2,1-3H3,(H,20,22)/t13-/m1/s1. The molecule has 0 aromatic carbocycles. The maximum atomic E-state index is 13.5. The van der Waals surface area contributed by atoms with Crippen LogP contribution < -0.4 is 5.32 Å². The lowest BCUT2D eigenvalue weighted by Gasteiger charge is -2.33. The third-order valence-corrected chi connectivity index (χ3v) is 3.23. The van der Waals surface area contributed by atoms with E-state index in [-0.39, 0.29) is 24.5 Å². The number of morpholine rings is 1. The molecule has 25 heavy (non-hydrogen) atoms. The molecule has 1 aromatic rings. The zero-order chi connectivity index (χ0) is 18.6. The Morgan fingerprint density at radius 2 is 2.24 bits per heavy atom. The van der Waals surface area contributed by atoms with Crippen molar-refractivity contribution in [3.8, 4) is 6.07 Å². The van der Waals surface area contributed by atoms with Crippen molar-refractivity contribution < 1.29 is 23.5 Å². The lowest BCUT2D eigenvalue weighted by Crippen LogP contribution is -2.51. The Morgan fingerprint density at radius 3 is 2.84 bits per heavy atom. The van der Waals surface area contributed by atoms with Gasteiger partial charge in [-0.1, -0.05) is 0 Å². The van der Waals surface area contributed by atoms with Gasteiger partial charge in [-0.2, -0.15) is 5.26 Å². The molecule has 134 valence electrons. The first-order valence-corrected chi connectivity index (χ1v) is 7.65. The van der Waals surface area contributed by atoms with E-state index in [9.17, 15) is 14.0 Å². The van der Waals surface area contributed by atoms with Crippen LogP contribution in [0.3, 0.4) is 0 Å². The van der Waals surface area contributed by atoms with E-state index >= 15 is 0 Å². The van der Waals surface area contributed by atoms with Crippen LogP contribution in [0.1, 0.15) is 26.5 Å². The van der Waals surface area contributed by atoms with E-state index in [1.807, 2.05) is 0 Å². The lowest BCUT2D eigenvalue weighted by molar-refractivity contribution is -0.132. The number of rotatable bonds is 2. The average Bonchev–Trinajstić information content (AvgIpc) is 2.53. The zero-order valence-electron chi connectivity index (χ0n) is 14.2. The summed E-state index contributed by atoms with van der Waals surface area (Å²) in [5.74, 6) is -1.38. The first kappa shape index (κ1) is 18.6. The van der Waals surface area contributed by atoms with Crippen molar-refractivity contribution >= 4 is 17.7 Å². The summed E-state index contributed by atoms with van der Waals surface area (Å²) in [6, 6.07) is 2.59. The van der Waals surface area contributed by atoms with E-state index in [1.54, 1.807) is 26.8 Å². The quantitative estimate of drug-likeness (QED) is 0.870. The van der Waals surface area contributed by atoms with Gasteiger partial charge in [-0.05, 0) is 20.8 Å². The third kappa shape index (κ3) is 5.12. The summed E-state index contributed by atoms with van der Waals surface area (Å²) in [4.78, 5) is 29.3. The number of carbonyl (C=O) groups excluding carboxylic acids is 2. The third-order valence-electron chi connectivity index (χ3n) is 3.23. The number of anilines is 1. The number of ether oxygens (including phenoxy) is 2. The Balaban J connectivity index is 1.99. The molecule has 1 aromatic heterocycles. The Hall–Kier alpha value is -2.73. The SMILES string of the molecule is CC(C)(C)OC(=O)N1CCO[C@@H](C(=O)Nc2cnc(C#N)c(F)c2)C1. The van der Waals surface area contributed by atoms with E-state index < -0.39 is 29.5 Å². The normalized spacial score (nSPS) is 17.6. The van der Waals surface area contributed by atoms with Gasteiger partial charge in [0.15, 0.2) is 17.6 Å². The highest BCUT2D eigenvalue weighted by molar-refractivity contribution is 5.94. The second-order valence-electron chi connectivity index (χ2n) is 6.44. The molecule has 1 fully saturated rings. The highest BCUT2D eigenvalue weighted by Crippen LogP contribution is 2.15. The Morgan fingerprint density at radius 1 is 1.52 bits per heavy atom. The summed E-state index contributed by atoms with van der Waals surface area (Å²) in [6.07, 6.45) is -0.270. The van der Waals surface area contributed by atoms with Crippen LogP contribution in [0.15, 0.2) is 12.3 Å². The van der Waals surface area contributed by atoms with Crippen LogP contribution in [-0.4, -0.2) is 53.3 Å². The molecule has 0 saturated carbocycles. The number of nitriles is 1. The van der Waals surface area contributed by atoms with Gasteiger partial charge in [0.25, 0.3) is 5.91 Å². The van der Waals surface area contributed by atoms with Crippen LogP contribution in [0.2, 0.25) is 0 Å². The van der Waals surface area contributed by atoms with Crippen molar-refractivity contribution in [1.82, 2.24) is 9.88 Å². The summed E-state index contributed by atoms with van der Waals surface area (Å²) < 4.78 is 24.2. The molecule has 0 aliphatic carbocycles. The first-order valence-electron chi connectivity index (χ1n) is 7.65. The van der Waals surface area contributed by atoms with Crippen LogP contribution in [0.5, 0.6) is 0 Å². The van der Waals surface area contributed by atoms with Crippen molar-refractivity contribution in [1.29, 1.82) is 5.26 Å². The molecule has 1 N–H and O–H groups in total. The van der Waals surface area contributed by atoms with Gasteiger partial charge in [-0.25, -0.2) is 14.2 Å². The van der Waals surface area contributed by atoms with E-state index in [2.05, 4.69) is 10.3 Å². The number of nitrogens with one attached hydrogen (secondary N) is 1. The lowest BCUT2D eigenvalue weighted by atomic mass is 10.2. The average molecular weight is 350 g/mol. The minimum atomic E-state index is -0.917. The fourth-order valence-electron chi connectivity index (χ4n) is 2.11. The highest BCUT2D eigenvalue weighted by Gasteiger charge is 2.31. The summed E-state index contributed by atoms with van der Waals surface area (Å²) in [7, 11) is 0. The van der Waals surface area contributed by atoms with Crippen molar-refractivity contribution in [2.45, 2.75) is 32.5 Å². The van der Waals surface area contributed by atoms with Gasteiger partial charge in [0.2, 0.25) is 0 Å². The molecule has 2 rings (SSSR count). The molecule has 2 amide bonds. The zero-order valence-corrected chi connectivity index (χ0v) is 14.2. The van der Waals surface area contributed by atoms with Crippen molar-refractivity contribution in [3.05, 3.63) is 23.8 Å². The topological polar surface area (TPSA) is 105 Å². The monoisotopic (exact) mass is 350 g/mol. The van der Waals surface area contributed by atoms with Crippen molar-refractivity contribution in [3.63, 3.8) is 0 Å². The predicted octanol–water partition coefficient (Wildman–Crippen LogP) is 1.67. The van der Waals surface area contributed by atoms with Gasteiger partial charge < -0.3 is 19.7 Å². The van der Waals surface area contributed by atoms with Crippen LogP contribution in [0.4, 0.5) is 14.9 Å². The summed E-state index contributed by atoms with van der Waals surface area (Å²) >= 11 is 0. The van der Waals surface area contributed by atoms with E-state index in [1.165, 1.54) is 11.1 Å². The Kier molecular flexibility index (Phi) is 5.54. The number of nitrogens with zero attached hydrogens (tertiary/aromatic N) is 3. The first-order chi connectivity index (χ1) is 11.7. The molecule has 8 nitrogen and oxygen atoms in total. The van der Waals surface area contributed by atoms with E-state index in [0.717, 1.165) is 6.07 Å². The van der Waals surface area contributed by atoms with E-state index in [0.29, 0.717) is 6.54 Å². The van der Waals surface area contributed by atoms with Crippen LogP contribution in [0, 0.1) is 17.1 Å². The van der Waals surface area contributed by atoms with Crippen molar-refractivity contribution in [2.24, 2.45) is 0 Å². The molecule has 1 saturated heterocycles. The number of halogens is 1. The second-order valence-corrected chi connectivity index (χ2v) is 6.44. The number of pyridine rings is 1. The van der Waals surface area contributed by atoms with Gasteiger partial charge in [0, 0.05) is 12.6 Å². The molecule has 1 aliphatic rings. The van der Waals surface area contributed by atoms with Gasteiger partial charge in [-0.3, -0.25) is 4.79 Å². The number of carbonyl (C=O) groups is 2. The maximum Gasteiger partial charge on any atom is 0.410 e. The number of amides is 2. The molecule has 9 heteroatoms. The van der Waals surface area contributed by atoms with Gasteiger partial charge in [0.05, 0.1) is 25.0 Å². The smallest absolute Gasteiger partial charge is 0.410 e. The molecule has 1 atom stereocenters. The minimum absolute atomic E-state index is 0.0208. The predicted molar refractivity (Wildman–Crippen MR) is 85.1 cm³/mol. The van der Waals surface area contributed by atoms with E-state index in [4.69, 9.17) is 14.7 Å². The summed E-state index contributed by atoms with van der Waals surface area (Å²) in [6.45, 7) is 5.77. The molecule has 2 heterocycles. The molecule has 1 aliphatic heterocycles. The largest absolute Gasteiger partial charge is 0.444 e. The molecular weight excluding hydrogens is 331 g/mol. The molecule has 0 spiro atoms. The summed E-state index contributed by atoms with van der Waals surface area (Å²) in [5, 5.41) is 11.1. The van der Waals surface area contributed by atoms with Gasteiger partial charge >= 0.3 is 6.09 Å². The fraction of sp³-hybridized carbons (Fsp3) is 0.500. The summed E-state index contributed by atoms with van der Waals surface area (Å²) in [5.41, 5.74) is -0.902. The van der Waals surface area contributed by atoms with Crippen LogP contribution in [-0.2, 0) is 14.3 Å². The molecular formula is C16H19FN4O4. The fourth-order valence-corrected chi connectivity index (χ4v) is 2.11. The number of hydrogen-bond donors (Lipinski definition) is 1. The molecule has 0 unspecified atom stereocenters. The molecule has 0 bridgehead atoms. The number of aromatic nitrogens is 1. The van der Waals surface area contributed by atoms with Crippen LogP contribution >= 0.6 is 0 Å². The Bertz CT molecular complexity index is 711. The second kappa shape index (κ2) is 7.44. The Labute approximate surface area is 144 Å². The number of hydrogen-bond acceptors (Lipinski definition) is 6. The minimum Gasteiger partial charge on any atom is -0.444 e. The maximum absolute atomic E-state index is 13.5. The van der Waals surface area contributed by atoms with Gasteiger partial charge in [-0.15, -0.1) is 0 Å².